The number of nitrogens with zero attached hydrogens (tertiary/aromatic N) is 3. The van der Waals surface area contributed by atoms with Crippen LogP contribution < -0.4 is 15.5 Å². The fourth-order valence-electron chi connectivity index (χ4n) is 4.30. The number of carbonyl (C=O) groups excluding carboxylic acids is 2. The first-order valence-electron chi connectivity index (χ1n) is 11.9. The molecular formula is C24H31ClN6O3S. The Labute approximate surface area is 213 Å². The van der Waals surface area contributed by atoms with E-state index in [0.29, 0.717) is 30.3 Å². The molecule has 11 heteroatoms. The van der Waals surface area contributed by atoms with Gasteiger partial charge in [0.2, 0.25) is 0 Å². The summed E-state index contributed by atoms with van der Waals surface area (Å²) in [5.41, 5.74) is 2.07. The normalized spacial score (nSPS) is 18.3. The molecule has 0 spiro atoms. The van der Waals surface area contributed by atoms with E-state index in [4.69, 9.17) is 21.3 Å². The number of ether oxygens (including phenoxy) is 1. The molecule has 0 aliphatic carbocycles. The molecule has 9 nitrogen and oxygen atoms in total. The van der Waals surface area contributed by atoms with Gasteiger partial charge in [-0.1, -0.05) is 49.8 Å². The Morgan fingerprint density at radius 3 is 2.77 bits per heavy atom. The van der Waals surface area contributed by atoms with Crippen LogP contribution in [0.1, 0.15) is 60.8 Å². The van der Waals surface area contributed by atoms with Crippen LogP contribution in [-0.4, -0.2) is 64.7 Å². The second-order valence-electron chi connectivity index (χ2n) is 8.82. The molecule has 1 aliphatic rings. The third-order valence-corrected chi connectivity index (χ3v) is 7.42. The lowest BCUT2D eigenvalue weighted by Crippen LogP contribution is -2.60. The Hall–Kier alpha value is -2.69. The summed E-state index contributed by atoms with van der Waals surface area (Å²) in [4.78, 5) is 39.5. The topological polar surface area (TPSA) is 112 Å². The van der Waals surface area contributed by atoms with Crippen molar-refractivity contribution in [2.45, 2.75) is 58.7 Å². The second kappa shape index (κ2) is 10.9. The molecular weight excluding hydrogens is 488 g/mol. The fraction of sp³-hybridized carbons (Fsp3) is 0.500. The highest BCUT2D eigenvalue weighted by Crippen LogP contribution is 2.33. The van der Waals surface area contributed by atoms with Crippen molar-refractivity contribution in [3.63, 3.8) is 0 Å². The van der Waals surface area contributed by atoms with E-state index in [1.807, 2.05) is 19.1 Å². The number of H-pyrrole nitrogens is 1. The molecule has 1 aromatic carbocycles. The van der Waals surface area contributed by atoms with Crippen LogP contribution in [0.15, 0.2) is 18.2 Å². The first kappa shape index (κ1) is 25.4. The number of thiazole rings is 1. The van der Waals surface area contributed by atoms with Crippen molar-refractivity contribution in [3.8, 4) is 0 Å². The summed E-state index contributed by atoms with van der Waals surface area (Å²) in [6, 6.07) is 5.66. The number of hydrogen-bond acceptors (Lipinski definition) is 8. The molecule has 1 saturated heterocycles. The van der Waals surface area contributed by atoms with Gasteiger partial charge in [-0.3, -0.25) is 4.79 Å². The number of aryl methyl sites for hydroxylation is 1. The van der Waals surface area contributed by atoms with Gasteiger partial charge >= 0.3 is 5.97 Å². The number of carbonyl (C=O) groups is 2. The van der Waals surface area contributed by atoms with E-state index < -0.39 is 0 Å². The summed E-state index contributed by atoms with van der Waals surface area (Å²) in [7, 11) is 0. The standard InChI is InChI=1S/C24H31ClN6O3S/c1-5-15-20(25)30-21(27-15)22(32)28-16-10-11-31(12-18(16)26-13(3)4)24-29-17-9-7-8-14(19(17)35-24)23(33)34-6-2/h7-9,13,16,18,26H,5-6,10-12H2,1-4H3,(H,27,30)(H,28,32)/t16-,18+/m0/s1. The molecule has 0 unspecified atom stereocenters. The van der Waals surface area contributed by atoms with Gasteiger partial charge < -0.3 is 25.3 Å². The summed E-state index contributed by atoms with van der Waals surface area (Å²) >= 11 is 7.62. The summed E-state index contributed by atoms with van der Waals surface area (Å²) in [5.74, 6) is -0.367. The summed E-state index contributed by atoms with van der Waals surface area (Å²) < 4.78 is 6.04. The zero-order chi connectivity index (χ0) is 25.1. The van der Waals surface area contributed by atoms with Gasteiger partial charge in [0.15, 0.2) is 16.1 Å². The Balaban J connectivity index is 1.52. The number of hydrogen-bond donors (Lipinski definition) is 3. The first-order chi connectivity index (χ1) is 16.8. The van der Waals surface area contributed by atoms with E-state index in [-0.39, 0.29) is 35.8 Å². The van der Waals surface area contributed by atoms with Gasteiger partial charge in [-0.15, -0.1) is 0 Å². The summed E-state index contributed by atoms with van der Waals surface area (Å²) in [5, 5.41) is 7.90. The second-order valence-corrected chi connectivity index (χ2v) is 10.2. The van der Waals surface area contributed by atoms with Crippen LogP contribution >= 0.6 is 22.9 Å². The minimum Gasteiger partial charge on any atom is -0.462 e. The van der Waals surface area contributed by atoms with Crippen molar-refractivity contribution in [3.05, 3.63) is 40.4 Å². The minimum atomic E-state index is -0.335. The number of fused-ring (bicyclic) bond motifs is 1. The molecule has 0 saturated carbocycles. The van der Waals surface area contributed by atoms with Crippen molar-refractivity contribution in [1.29, 1.82) is 0 Å². The van der Waals surface area contributed by atoms with Crippen molar-refractivity contribution in [2.24, 2.45) is 0 Å². The number of rotatable bonds is 8. The molecule has 3 N–H and O–H groups in total. The van der Waals surface area contributed by atoms with E-state index in [1.54, 1.807) is 13.0 Å². The summed E-state index contributed by atoms with van der Waals surface area (Å²) in [6.07, 6.45) is 1.40. The molecule has 1 fully saturated rings. The van der Waals surface area contributed by atoms with E-state index in [1.165, 1.54) is 11.3 Å². The van der Waals surface area contributed by atoms with Crippen LogP contribution in [0.5, 0.6) is 0 Å². The summed E-state index contributed by atoms with van der Waals surface area (Å²) in [6.45, 7) is 9.63. The molecule has 0 radical (unpaired) electrons. The molecule has 1 aliphatic heterocycles. The van der Waals surface area contributed by atoms with Crippen molar-refractivity contribution in [2.75, 3.05) is 24.6 Å². The van der Waals surface area contributed by atoms with Crippen LogP contribution in [-0.2, 0) is 11.2 Å². The highest BCUT2D eigenvalue weighted by molar-refractivity contribution is 7.22. The van der Waals surface area contributed by atoms with Crippen molar-refractivity contribution >= 4 is 50.2 Å². The number of piperidine rings is 1. The number of amides is 1. The van der Waals surface area contributed by atoms with Crippen molar-refractivity contribution in [1.82, 2.24) is 25.6 Å². The lowest BCUT2D eigenvalue weighted by atomic mass is 9.98. The predicted octanol–water partition coefficient (Wildman–Crippen LogP) is 3.79. The lowest BCUT2D eigenvalue weighted by molar-refractivity contribution is 0.0528. The molecule has 2 atom stereocenters. The smallest absolute Gasteiger partial charge is 0.339 e. The number of imidazole rings is 1. The number of nitrogens with one attached hydrogen (secondary N) is 3. The molecule has 1 amide bonds. The van der Waals surface area contributed by atoms with Crippen LogP contribution in [0.3, 0.4) is 0 Å². The van der Waals surface area contributed by atoms with Crippen LogP contribution in [0.4, 0.5) is 5.13 Å². The quantitative estimate of drug-likeness (QED) is 0.389. The van der Waals surface area contributed by atoms with Gasteiger partial charge in [-0.25, -0.2) is 14.8 Å². The molecule has 3 heterocycles. The fourth-order valence-corrected chi connectivity index (χ4v) is 5.67. The first-order valence-corrected chi connectivity index (χ1v) is 13.1. The molecule has 3 aromatic rings. The number of anilines is 1. The Morgan fingerprint density at radius 2 is 2.09 bits per heavy atom. The van der Waals surface area contributed by atoms with Gasteiger partial charge in [0.1, 0.15) is 0 Å². The largest absolute Gasteiger partial charge is 0.462 e. The molecule has 2 aromatic heterocycles. The van der Waals surface area contributed by atoms with Gasteiger partial charge in [-0.05, 0) is 31.9 Å². The lowest BCUT2D eigenvalue weighted by Gasteiger charge is -2.40. The molecule has 0 bridgehead atoms. The van der Waals surface area contributed by atoms with E-state index in [9.17, 15) is 9.59 Å². The third kappa shape index (κ3) is 5.60. The maximum Gasteiger partial charge on any atom is 0.339 e. The Bertz CT molecular complexity index is 1210. The average molecular weight is 519 g/mol. The zero-order valence-corrected chi connectivity index (χ0v) is 21.9. The number of aromatic amines is 1. The van der Waals surface area contributed by atoms with Crippen LogP contribution in [0.25, 0.3) is 10.2 Å². The minimum absolute atomic E-state index is 0.000295. The number of aromatic nitrogens is 3. The Kier molecular flexibility index (Phi) is 7.93. The number of esters is 1. The van der Waals surface area contributed by atoms with Gasteiger partial charge in [0.25, 0.3) is 5.91 Å². The molecule has 35 heavy (non-hydrogen) atoms. The van der Waals surface area contributed by atoms with Crippen molar-refractivity contribution < 1.29 is 14.3 Å². The van der Waals surface area contributed by atoms with Crippen LogP contribution in [0.2, 0.25) is 5.15 Å². The Morgan fingerprint density at radius 1 is 1.29 bits per heavy atom. The SMILES string of the molecule is CCOC(=O)c1cccc2nc(N3CC[C@H](NC(=O)c4nc(Cl)c(CC)[nH]4)[C@H](NC(C)C)C3)sc12. The third-order valence-electron chi connectivity index (χ3n) is 5.94. The van der Waals surface area contributed by atoms with Crippen LogP contribution in [0, 0.1) is 0 Å². The van der Waals surface area contributed by atoms with Gasteiger partial charge in [0.05, 0.1) is 28.1 Å². The number of halogens is 1. The maximum atomic E-state index is 12.9. The average Bonchev–Trinajstić information content (AvgIpc) is 3.43. The van der Waals surface area contributed by atoms with E-state index >= 15 is 0 Å². The predicted molar refractivity (Wildman–Crippen MR) is 139 cm³/mol. The maximum absolute atomic E-state index is 12.9. The zero-order valence-electron chi connectivity index (χ0n) is 20.4. The molecule has 4 rings (SSSR count). The van der Waals surface area contributed by atoms with Gasteiger partial charge in [0, 0.05) is 31.2 Å². The van der Waals surface area contributed by atoms with Gasteiger partial charge in [-0.2, -0.15) is 0 Å². The van der Waals surface area contributed by atoms with E-state index in [0.717, 1.165) is 34.0 Å². The van der Waals surface area contributed by atoms with E-state index in [2.05, 4.69) is 39.3 Å². The monoisotopic (exact) mass is 518 g/mol. The highest BCUT2D eigenvalue weighted by atomic mass is 35.5. The number of benzene rings is 1. The highest BCUT2D eigenvalue weighted by Gasteiger charge is 2.33. The molecule has 188 valence electrons.